The zero-order valence-corrected chi connectivity index (χ0v) is 9.58. The van der Waals surface area contributed by atoms with Gasteiger partial charge in [0, 0.05) is 12.3 Å². The number of nitrogens with two attached hydrogens (primary N) is 1. The minimum atomic E-state index is -3.54. The lowest BCUT2D eigenvalue weighted by Gasteiger charge is -2.00. The molecular formula is C10H14N2O2S. The summed E-state index contributed by atoms with van der Waals surface area (Å²) in [6.07, 6.45) is 0. The van der Waals surface area contributed by atoms with Crippen LogP contribution in [0.2, 0.25) is 0 Å². The van der Waals surface area contributed by atoms with Gasteiger partial charge in [0.25, 0.3) is 10.0 Å². The first kappa shape index (κ1) is 11.9. The summed E-state index contributed by atoms with van der Waals surface area (Å²) in [5.74, 6) is 0. The maximum Gasteiger partial charge on any atom is 0.282 e. The van der Waals surface area contributed by atoms with E-state index in [1.807, 2.05) is 0 Å². The molecule has 0 aliphatic heterocycles. The van der Waals surface area contributed by atoms with Crippen molar-refractivity contribution in [3.05, 3.63) is 29.8 Å². The van der Waals surface area contributed by atoms with Gasteiger partial charge >= 0.3 is 0 Å². The van der Waals surface area contributed by atoms with Crippen LogP contribution in [-0.2, 0) is 16.6 Å². The van der Waals surface area contributed by atoms with Crippen molar-refractivity contribution in [3.63, 3.8) is 0 Å². The maximum atomic E-state index is 11.6. The molecule has 4 nitrogen and oxygen atoms in total. The summed E-state index contributed by atoms with van der Waals surface area (Å²) in [5, 5.41) is 0. The lowest BCUT2D eigenvalue weighted by Crippen LogP contribution is -2.01. The first-order chi connectivity index (χ1) is 6.95. The molecule has 5 heteroatoms. The monoisotopic (exact) mass is 226 g/mol. The normalized spacial score (nSPS) is 11.1. The van der Waals surface area contributed by atoms with Crippen LogP contribution in [0.15, 0.2) is 33.6 Å². The molecule has 1 rings (SSSR count). The van der Waals surface area contributed by atoms with Crippen LogP contribution in [0.25, 0.3) is 0 Å². The summed E-state index contributed by atoms with van der Waals surface area (Å²) in [4.78, 5) is 0.195. The number of hydrogen-bond acceptors (Lipinski definition) is 3. The molecule has 0 bridgehead atoms. The molecule has 0 aliphatic carbocycles. The van der Waals surface area contributed by atoms with E-state index in [-0.39, 0.29) is 4.90 Å². The van der Waals surface area contributed by atoms with Gasteiger partial charge in [0.05, 0.1) is 4.90 Å². The Morgan fingerprint density at radius 1 is 1.27 bits per heavy atom. The van der Waals surface area contributed by atoms with Crippen LogP contribution in [0.5, 0.6) is 0 Å². The van der Waals surface area contributed by atoms with E-state index in [2.05, 4.69) is 4.40 Å². The van der Waals surface area contributed by atoms with Crippen molar-refractivity contribution >= 4 is 15.7 Å². The Morgan fingerprint density at radius 2 is 1.80 bits per heavy atom. The van der Waals surface area contributed by atoms with Gasteiger partial charge in [-0.2, -0.15) is 12.8 Å². The molecule has 0 aromatic heterocycles. The standard InChI is InChI=1S/C10H14N2O2S/c1-8(2)12-15(13,14)10-5-3-9(7-11)4-6-10/h3-6H,7,11H2,1-2H3. The van der Waals surface area contributed by atoms with Crippen molar-refractivity contribution in [1.82, 2.24) is 0 Å². The van der Waals surface area contributed by atoms with Gasteiger partial charge in [-0.3, -0.25) is 0 Å². The summed E-state index contributed by atoms with van der Waals surface area (Å²) >= 11 is 0. The molecule has 0 radical (unpaired) electrons. The van der Waals surface area contributed by atoms with Gasteiger partial charge < -0.3 is 5.73 Å². The molecule has 2 N–H and O–H groups in total. The van der Waals surface area contributed by atoms with Gasteiger partial charge in [-0.25, -0.2) is 0 Å². The summed E-state index contributed by atoms with van der Waals surface area (Å²) in [6, 6.07) is 6.41. The van der Waals surface area contributed by atoms with E-state index < -0.39 is 10.0 Å². The minimum absolute atomic E-state index is 0.195. The molecule has 15 heavy (non-hydrogen) atoms. The Labute approximate surface area is 89.9 Å². The highest BCUT2D eigenvalue weighted by Crippen LogP contribution is 2.13. The molecule has 0 atom stereocenters. The zero-order valence-electron chi connectivity index (χ0n) is 8.77. The molecular weight excluding hydrogens is 212 g/mol. The number of sulfonamides is 1. The lowest BCUT2D eigenvalue weighted by molar-refractivity contribution is 0.598. The van der Waals surface area contributed by atoms with Gasteiger partial charge in [-0.05, 0) is 31.5 Å². The van der Waals surface area contributed by atoms with Crippen molar-refractivity contribution in [2.45, 2.75) is 25.3 Å². The van der Waals surface area contributed by atoms with Crippen molar-refractivity contribution in [3.8, 4) is 0 Å². The summed E-state index contributed by atoms with van der Waals surface area (Å²) in [6.45, 7) is 3.69. The highest BCUT2D eigenvalue weighted by atomic mass is 32.2. The van der Waals surface area contributed by atoms with E-state index in [1.165, 1.54) is 12.1 Å². The van der Waals surface area contributed by atoms with Gasteiger partial charge in [0.2, 0.25) is 0 Å². The molecule has 1 aromatic rings. The highest BCUT2D eigenvalue weighted by molar-refractivity contribution is 7.90. The Morgan fingerprint density at radius 3 is 2.20 bits per heavy atom. The van der Waals surface area contributed by atoms with Gasteiger partial charge in [0.15, 0.2) is 0 Å². The average molecular weight is 226 g/mol. The van der Waals surface area contributed by atoms with Crippen molar-refractivity contribution in [2.24, 2.45) is 10.1 Å². The number of nitrogens with zero attached hydrogens (tertiary/aromatic N) is 1. The second kappa shape index (κ2) is 4.55. The summed E-state index contributed by atoms with van der Waals surface area (Å²) in [7, 11) is -3.54. The fourth-order valence-electron chi connectivity index (χ4n) is 1.09. The molecule has 0 saturated heterocycles. The molecule has 0 spiro atoms. The van der Waals surface area contributed by atoms with E-state index in [1.54, 1.807) is 26.0 Å². The molecule has 0 saturated carbocycles. The smallest absolute Gasteiger partial charge is 0.282 e. The Hall–Kier alpha value is -1.20. The van der Waals surface area contributed by atoms with Crippen molar-refractivity contribution in [1.29, 1.82) is 0 Å². The first-order valence-electron chi connectivity index (χ1n) is 4.53. The van der Waals surface area contributed by atoms with Gasteiger partial charge in [-0.1, -0.05) is 12.1 Å². The first-order valence-corrected chi connectivity index (χ1v) is 5.97. The number of benzene rings is 1. The van der Waals surface area contributed by atoms with E-state index >= 15 is 0 Å². The van der Waals surface area contributed by atoms with Crippen LogP contribution in [0.4, 0.5) is 0 Å². The Bertz CT molecular complexity index is 457. The van der Waals surface area contributed by atoms with Crippen LogP contribution in [0.1, 0.15) is 19.4 Å². The zero-order chi connectivity index (χ0) is 11.5. The second-order valence-electron chi connectivity index (χ2n) is 3.36. The third-order valence-electron chi connectivity index (χ3n) is 1.76. The fraction of sp³-hybridized carbons (Fsp3) is 0.300. The van der Waals surface area contributed by atoms with E-state index in [4.69, 9.17) is 5.73 Å². The van der Waals surface area contributed by atoms with Gasteiger partial charge in [0.1, 0.15) is 0 Å². The quantitative estimate of drug-likeness (QED) is 0.790. The van der Waals surface area contributed by atoms with Crippen LogP contribution in [0.3, 0.4) is 0 Å². The molecule has 0 fully saturated rings. The largest absolute Gasteiger partial charge is 0.326 e. The highest BCUT2D eigenvalue weighted by Gasteiger charge is 2.11. The van der Waals surface area contributed by atoms with Crippen LogP contribution in [-0.4, -0.2) is 14.1 Å². The molecule has 0 heterocycles. The molecule has 1 aromatic carbocycles. The maximum absolute atomic E-state index is 11.6. The molecule has 82 valence electrons. The SMILES string of the molecule is CC(C)=NS(=O)(=O)c1ccc(CN)cc1. The number of rotatable bonds is 3. The van der Waals surface area contributed by atoms with Crippen LogP contribution in [0, 0.1) is 0 Å². The van der Waals surface area contributed by atoms with Gasteiger partial charge in [-0.15, -0.1) is 0 Å². The fourth-order valence-corrected chi connectivity index (χ4v) is 2.16. The lowest BCUT2D eigenvalue weighted by atomic mass is 10.2. The van der Waals surface area contributed by atoms with Crippen molar-refractivity contribution in [2.75, 3.05) is 0 Å². The number of hydrogen-bond donors (Lipinski definition) is 1. The van der Waals surface area contributed by atoms with E-state index in [0.29, 0.717) is 12.3 Å². The minimum Gasteiger partial charge on any atom is -0.326 e. The molecule has 0 unspecified atom stereocenters. The third kappa shape index (κ3) is 3.14. The Balaban J connectivity index is 3.12. The van der Waals surface area contributed by atoms with Crippen LogP contribution < -0.4 is 5.73 Å². The summed E-state index contributed by atoms with van der Waals surface area (Å²) < 4.78 is 26.8. The predicted molar refractivity (Wildman–Crippen MR) is 60.3 cm³/mol. The van der Waals surface area contributed by atoms with Crippen molar-refractivity contribution < 1.29 is 8.42 Å². The Kier molecular flexibility index (Phi) is 3.60. The predicted octanol–water partition coefficient (Wildman–Crippen LogP) is 1.31. The second-order valence-corrected chi connectivity index (χ2v) is 4.97. The van der Waals surface area contributed by atoms with E-state index in [0.717, 1.165) is 5.56 Å². The summed E-state index contributed by atoms with van der Waals surface area (Å²) in [5.41, 5.74) is 6.82. The molecule has 0 amide bonds. The van der Waals surface area contributed by atoms with E-state index in [9.17, 15) is 8.42 Å². The average Bonchev–Trinajstić information content (AvgIpc) is 2.16. The molecule has 0 aliphatic rings. The third-order valence-corrected chi connectivity index (χ3v) is 3.23. The van der Waals surface area contributed by atoms with Crippen LogP contribution >= 0.6 is 0 Å². The topological polar surface area (TPSA) is 72.5 Å².